The average molecular weight is 569 g/mol. The summed E-state index contributed by atoms with van der Waals surface area (Å²) in [6.07, 6.45) is 6.94. The van der Waals surface area contributed by atoms with Crippen molar-refractivity contribution in [3.63, 3.8) is 0 Å². The van der Waals surface area contributed by atoms with Crippen LogP contribution in [0.5, 0.6) is 0 Å². The summed E-state index contributed by atoms with van der Waals surface area (Å²) < 4.78 is 0. The third kappa shape index (κ3) is 12.0. The van der Waals surface area contributed by atoms with Crippen molar-refractivity contribution in [3.05, 3.63) is 106 Å². The summed E-state index contributed by atoms with van der Waals surface area (Å²) in [5.74, 6) is 0. The molecule has 0 spiro atoms. The molecule has 3 aliphatic rings. The molecule has 4 nitrogen and oxygen atoms in total. The van der Waals surface area contributed by atoms with Crippen LogP contribution in [0.1, 0.15) is 65.5 Å². The van der Waals surface area contributed by atoms with Gasteiger partial charge in [0.25, 0.3) is 0 Å². The molecule has 3 aromatic rings. The molecule has 0 saturated carbocycles. The van der Waals surface area contributed by atoms with Gasteiger partial charge in [-0.25, -0.2) is 0 Å². The molecule has 228 valence electrons. The Morgan fingerprint density at radius 2 is 0.667 bits per heavy atom. The average Bonchev–Trinajstić information content (AvgIpc) is 3.52. The van der Waals surface area contributed by atoms with Crippen molar-refractivity contribution in [2.45, 2.75) is 72.5 Å². The maximum atomic E-state index is 2.56. The lowest BCUT2D eigenvalue weighted by atomic mass is 10.1. The van der Waals surface area contributed by atoms with Gasteiger partial charge in [-0.05, 0) is 96.4 Å². The van der Waals surface area contributed by atoms with Crippen molar-refractivity contribution >= 4 is 0 Å². The predicted octanol–water partition coefficient (Wildman–Crippen LogP) is 7.31. The molecule has 0 aromatic heterocycles. The summed E-state index contributed by atoms with van der Waals surface area (Å²) in [5.41, 5.74) is 8.39. The molecule has 0 bridgehead atoms. The molecule has 3 fully saturated rings. The van der Waals surface area contributed by atoms with Gasteiger partial charge in [0.05, 0.1) is 0 Å². The highest BCUT2D eigenvalue weighted by molar-refractivity contribution is 5.22. The molecule has 3 aliphatic heterocycles. The molecule has 6 rings (SSSR count). The van der Waals surface area contributed by atoms with Gasteiger partial charge in [-0.15, -0.1) is 0 Å². The van der Waals surface area contributed by atoms with E-state index in [0.29, 0.717) is 0 Å². The van der Waals surface area contributed by atoms with E-state index in [-0.39, 0.29) is 0 Å². The maximum Gasteiger partial charge on any atom is 0.0234 e. The third-order valence-electron chi connectivity index (χ3n) is 8.82. The van der Waals surface area contributed by atoms with E-state index in [9.17, 15) is 0 Å². The first kappa shape index (κ1) is 32.4. The molecule has 0 aliphatic carbocycles. The van der Waals surface area contributed by atoms with Gasteiger partial charge in [-0.3, -0.25) is 14.7 Å². The van der Waals surface area contributed by atoms with Gasteiger partial charge < -0.3 is 4.90 Å². The molecule has 3 saturated heterocycles. The number of aryl methyl sites for hydroxylation is 3. The molecule has 0 N–H and O–H groups in total. The summed E-state index contributed by atoms with van der Waals surface area (Å²) >= 11 is 0. The second-order valence-corrected chi connectivity index (χ2v) is 12.9. The number of nitrogens with zero attached hydrogens (tertiary/aromatic N) is 4. The van der Waals surface area contributed by atoms with Crippen LogP contribution in [0.25, 0.3) is 0 Å². The fourth-order valence-electron chi connectivity index (χ4n) is 5.92. The minimum absolute atomic E-state index is 1.11. The van der Waals surface area contributed by atoms with E-state index < -0.39 is 0 Å². The first-order valence-corrected chi connectivity index (χ1v) is 16.5. The molecular weight excluding hydrogens is 512 g/mol. The highest BCUT2D eigenvalue weighted by Crippen LogP contribution is 2.14. The fraction of sp³-hybridized carbons (Fsp3) is 0.526. The van der Waals surface area contributed by atoms with Crippen molar-refractivity contribution in [3.8, 4) is 0 Å². The SMILES string of the molecule is Cc1ccc(CN2CCCC2)cc1.Cc1ccc(CN2CCCCC2)cc1.Cc1ccc(CN2CCN(C)CC2)cc1. The van der Waals surface area contributed by atoms with Gasteiger partial charge in [0.1, 0.15) is 0 Å². The summed E-state index contributed by atoms with van der Waals surface area (Å²) in [6.45, 7) is 19.7. The number of piperidine rings is 1. The highest BCUT2D eigenvalue weighted by atomic mass is 15.2. The lowest BCUT2D eigenvalue weighted by Gasteiger charge is -2.32. The monoisotopic (exact) mass is 568 g/mol. The van der Waals surface area contributed by atoms with Crippen LogP contribution in [0.15, 0.2) is 72.8 Å². The van der Waals surface area contributed by atoms with E-state index in [1.165, 1.54) is 118 Å². The number of hydrogen-bond donors (Lipinski definition) is 0. The van der Waals surface area contributed by atoms with Crippen molar-refractivity contribution < 1.29 is 0 Å². The highest BCUT2D eigenvalue weighted by Gasteiger charge is 2.14. The zero-order valence-corrected chi connectivity index (χ0v) is 27.0. The van der Waals surface area contributed by atoms with Crippen LogP contribution in [-0.4, -0.2) is 79.0 Å². The van der Waals surface area contributed by atoms with Gasteiger partial charge in [-0.1, -0.05) is 95.9 Å². The molecule has 0 radical (unpaired) electrons. The molecule has 0 unspecified atom stereocenters. The van der Waals surface area contributed by atoms with Gasteiger partial charge in [0.15, 0.2) is 0 Å². The number of piperazine rings is 1. The van der Waals surface area contributed by atoms with E-state index in [2.05, 4.69) is 120 Å². The second-order valence-electron chi connectivity index (χ2n) is 12.9. The fourth-order valence-corrected chi connectivity index (χ4v) is 5.92. The Balaban J connectivity index is 0.000000145. The summed E-state index contributed by atoms with van der Waals surface area (Å²) in [6, 6.07) is 26.7. The third-order valence-corrected chi connectivity index (χ3v) is 8.82. The van der Waals surface area contributed by atoms with Crippen LogP contribution < -0.4 is 0 Å². The number of likely N-dealkylation sites (tertiary alicyclic amines) is 2. The van der Waals surface area contributed by atoms with Crippen LogP contribution in [0, 0.1) is 20.8 Å². The van der Waals surface area contributed by atoms with Crippen LogP contribution in [0.4, 0.5) is 0 Å². The first-order valence-electron chi connectivity index (χ1n) is 16.5. The number of benzene rings is 3. The number of hydrogen-bond acceptors (Lipinski definition) is 4. The zero-order valence-electron chi connectivity index (χ0n) is 27.0. The van der Waals surface area contributed by atoms with Gasteiger partial charge >= 0.3 is 0 Å². The lowest BCUT2D eigenvalue weighted by molar-refractivity contribution is 0.148. The van der Waals surface area contributed by atoms with Gasteiger partial charge in [0.2, 0.25) is 0 Å². The Morgan fingerprint density at radius 3 is 1.00 bits per heavy atom. The van der Waals surface area contributed by atoms with E-state index in [1.807, 2.05) is 0 Å². The van der Waals surface area contributed by atoms with E-state index in [1.54, 1.807) is 0 Å². The molecule has 4 heteroatoms. The van der Waals surface area contributed by atoms with Crippen LogP contribution in [0.2, 0.25) is 0 Å². The number of likely N-dealkylation sites (N-methyl/N-ethyl adjacent to an activating group) is 1. The van der Waals surface area contributed by atoms with Crippen LogP contribution in [-0.2, 0) is 19.6 Å². The quantitative estimate of drug-likeness (QED) is 0.309. The Bertz CT molecular complexity index is 1120. The normalized spacial score (nSPS) is 18.6. The predicted molar refractivity (Wildman–Crippen MR) is 180 cm³/mol. The second kappa shape index (κ2) is 17.6. The van der Waals surface area contributed by atoms with Crippen molar-refractivity contribution in [1.29, 1.82) is 0 Å². The zero-order chi connectivity index (χ0) is 29.6. The Hall–Kier alpha value is -2.50. The minimum Gasteiger partial charge on any atom is -0.304 e. The number of rotatable bonds is 6. The standard InChI is InChI=1S/C13H20N2.C13H19N.C12H17N/c1-12-3-5-13(6-4-12)11-15-9-7-14(2)8-10-15;1-12-5-7-13(8-6-12)11-14-9-3-2-4-10-14;1-11-4-6-12(7-5-11)10-13-8-2-3-9-13/h3-6H,7-11H2,1-2H3;5-8H,2-4,9-11H2,1H3;4-7H,2-3,8-10H2,1H3. The largest absolute Gasteiger partial charge is 0.304 e. The molecule has 0 amide bonds. The molecular formula is C38H56N4. The summed E-state index contributed by atoms with van der Waals surface area (Å²) in [4.78, 5) is 10.0. The van der Waals surface area contributed by atoms with Crippen LogP contribution >= 0.6 is 0 Å². The smallest absolute Gasteiger partial charge is 0.0234 e. The minimum atomic E-state index is 1.11. The Labute approximate surface area is 257 Å². The maximum absolute atomic E-state index is 2.56. The van der Waals surface area contributed by atoms with Gasteiger partial charge in [-0.2, -0.15) is 0 Å². The molecule has 42 heavy (non-hydrogen) atoms. The first-order chi connectivity index (χ1) is 20.4. The summed E-state index contributed by atoms with van der Waals surface area (Å²) in [7, 11) is 2.20. The van der Waals surface area contributed by atoms with Crippen molar-refractivity contribution in [1.82, 2.24) is 19.6 Å². The van der Waals surface area contributed by atoms with E-state index in [0.717, 1.165) is 19.6 Å². The Morgan fingerprint density at radius 1 is 0.381 bits per heavy atom. The molecule has 3 heterocycles. The Kier molecular flexibility index (Phi) is 13.6. The van der Waals surface area contributed by atoms with Crippen molar-refractivity contribution in [2.24, 2.45) is 0 Å². The van der Waals surface area contributed by atoms with Gasteiger partial charge in [0, 0.05) is 45.8 Å². The lowest BCUT2D eigenvalue weighted by Crippen LogP contribution is -2.43. The summed E-state index contributed by atoms with van der Waals surface area (Å²) in [5, 5.41) is 0. The molecule has 0 atom stereocenters. The topological polar surface area (TPSA) is 13.0 Å². The molecule has 3 aromatic carbocycles. The van der Waals surface area contributed by atoms with Crippen molar-refractivity contribution in [2.75, 3.05) is 59.4 Å². The van der Waals surface area contributed by atoms with E-state index >= 15 is 0 Å². The van der Waals surface area contributed by atoms with Crippen LogP contribution in [0.3, 0.4) is 0 Å². The van der Waals surface area contributed by atoms with E-state index in [4.69, 9.17) is 0 Å².